The molecule has 2 N–H and O–H groups in total. The molecule has 0 fully saturated rings. The standard InChI is InChI=1S/C24H18ClFN2O3/c1-2-14-12-27-21-8-7-15(9-18(14)21)16-10-19(25)23(20(26)11-16)28-24(30)17-5-3-4-6-22(17)31-13-29/h3-13,27H,2H2,1H3,(H,28,30). The first-order chi connectivity index (χ1) is 15.0. The van der Waals surface area contributed by atoms with Crippen LogP contribution >= 0.6 is 11.6 Å². The topological polar surface area (TPSA) is 71.2 Å². The normalized spacial score (nSPS) is 10.8. The van der Waals surface area contributed by atoms with Crippen LogP contribution < -0.4 is 10.1 Å². The second kappa shape index (κ2) is 8.62. The molecule has 0 atom stereocenters. The van der Waals surface area contributed by atoms with E-state index in [9.17, 15) is 14.0 Å². The summed E-state index contributed by atoms with van der Waals surface area (Å²) in [6.45, 7) is 2.29. The van der Waals surface area contributed by atoms with E-state index in [4.69, 9.17) is 16.3 Å². The van der Waals surface area contributed by atoms with E-state index in [0.29, 0.717) is 5.56 Å². The molecule has 0 saturated heterocycles. The summed E-state index contributed by atoms with van der Waals surface area (Å²) in [7, 11) is 0. The van der Waals surface area contributed by atoms with Crippen molar-refractivity contribution in [3.63, 3.8) is 0 Å². The molecule has 3 aromatic carbocycles. The highest BCUT2D eigenvalue weighted by atomic mass is 35.5. The van der Waals surface area contributed by atoms with Gasteiger partial charge in [0.15, 0.2) is 0 Å². The van der Waals surface area contributed by atoms with E-state index in [1.807, 2.05) is 24.4 Å². The van der Waals surface area contributed by atoms with Gasteiger partial charge in [-0.05, 0) is 59.5 Å². The van der Waals surface area contributed by atoms with Gasteiger partial charge in [-0.25, -0.2) is 4.39 Å². The van der Waals surface area contributed by atoms with E-state index in [1.54, 1.807) is 18.2 Å². The molecule has 7 heteroatoms. The lowest BCUT2D eigenvalue weighted by atomic mass is 10.0. The first-order valence-electron chi connectivity index (χ1n) is 9.62. The number of anilines is 1. The molecule has 156 valence electrons. The van der Waals surface area contributed by atoms with Crippen LogP contribution in [-0.4, -0.2) is 17.4 Å². The van der Waals surface area contributed by atoms with Crippen LogP contribution in [0.25, 0.3) is 22.0 Å². The highest BCUT2D eigenvalue weighted by Crippen LogP contribution is 2.34. The van der Waals surface area contributed by atoms with Gasteiger partial charge in [0.2, 0.25) is 0 Å². The van der Waals surface area contributed by atoms with E-state index in [-0.39, 0.29) is 28.5 Å². The van der Waals surface area contributed by atoms with Crippen molar-refractivity contribution in [1.29, 1.82) is 0 Å². The van der Waals surface area contributed by atoms with E-state index >= 15 is 0 Å². The average Bonchev–Trinajstić information content (AvgIpc) is 3.19. The molecule has 0 aliphatic carbocycles. The Morgan fingerprint density at radius 1 is 1.16 bits per heavy atom. The molecule has 0 unspecified atom stereocenters. The number of rotatable bonds is 6. The maximum absolute atomic E-state index is 14.9. The summed E-state index contributed by atoms with van der Waals surface area (Å²) in [6, 6.07) is 14.9. The first-order valence-corrected chi connectivity index (χ1v) is 9.99. The Labute approximate surface area is 182 Å². The van der Waals surface area contributed by atoms with E-state index in [1.165, 1.54) is 23.8 Å². The third-order valence-corrected chi connectivity index (χ3v) is 5.37. The Morgan fingerprint density at radius 3 is 2.71 bits per heavy atom. The molecule has 1 heterocycles. The zero-order valence-corrected chi connectivity index (χ0v) is 17.3. The van der Waals surface area contributed by atoms with Crippen molar-refractivity contribution in [3.05, 3.63) is 82.8 Å². The number of H-pyrrole nitrogens is 1. The Morgan fingerprint density at radius 2 is 1.97 bits per heavy atom. The van der Waals surface area contributed by atoms with E-state index in [2.05, 4.69) is 17.2 Å². The fourth-order valence-electron chi connectivity index (χ4n) is 3.50. The van der Waals surface area contributed by atoms with Gasteiger partial charge in [0.1, 0.15) is 11.6 Å². The molecule has 0 aliphatic heterocycles. The summed E-state index contributed by atoms with van der Waals surface area (Å²) in [6.07, 6.45) is 2.84. The van der Waals surface area contributed by atoms with Crippen molar-refractivity contribution in [1.82, 2.24) is 4.98 Å². The number of hydrogen-bond donors (Lipinski definition) is 2. The monoisotopic (exact) mass is 436 g/mol. The number of carbonyl (C=O) groups is 2. The van der Waals surface area contributed by atoms with Crippen LogP contribution in [0.2, 0.25) is 5.02 Å². The van der Waals surface area contributed by atoms with Crippen LogP contribution in [0.15, 0.2) is 60.8 Å². The molecular formula is C24H18ClFN2O3. The summed E-state index contributed by atoms with van der Waals surface area (Å²) in [5.41, 5.74) is 3.52. The highest BCUT2D eigenvalue weighted by Gasteiger charge is 2.18. The number of ether oxygens (including phenoxy) is 1. The Hall–Kier alpha value is -3.64. The minimum atomic E-state index is -0.672. The molecule has 4 aromatic rings. The lowest BCUT2D eigenvalue weighted by Gasteiger charge is -2.12. The number of halogens is 2. The van der Waals surface area contributed by atoms with Crippen LogP contribution in [0.4, 0.5) is 10.1 Å². The van der Waals surface area contributed by atoms with Gasteiger partial charge in [0.25, 0.3) is 12.4 Å². The molecule has 0 bridgehead atoms. The number of para-hydroxylation sites is 1. The lowest BCUT2D eigenvalue weighted by Crippen LogP contribution is -2.15. The van der Waals surface area contributed by atoms with Crippen LogP contribution in [0, 0.1) is 5.82 Å². The molecule has 1 amide bonds. The van der Waals surface area contributed by atoms with Gasteiger partial charge in [-0.15, -0.1) is 0 Å². The summed E-state index contributed by atoms with van der Waals surface area (Å²) in [4.78, 5) is 26.5. The van der Waals surface area contributed by atoms with Gasteiger partial charge in [0, 0.05) is 17.1 Å². The van der Waals surface area contributed by atoms with Gasteiger partial charge < -0.3 is 15.0 Å². The maximum atomic E-state index is 14.9. The van der Waals surface area contributed by atoms with Gasteiger partial charge in [-0.2, -0.15) is 0 Å². The second-order valence-corrected chi connectivity index (χ2v) is 7.31. The minimum absolute atomic E-state index is 0.0574. The van der Waals surface area contributed by atoms with Crippen LogP contribution in [-0.2, 0) is 11.2 Å². The summed E-state index contributed by atoms with van der Waals surface area (Å²) in [5.74, 6) is -1.25. The first kappa shape index (κ1) is 20.6. The minimum Gasteiger partial charge on any atom is -0.428 e. The predicted molar refractivity (Wildman–Crippen MR) is 119 cm³/mol. The maximum Gasteiger partial charge on any atom is 0.298 e. The smallest absolute Gasteiger partial charge is 0.298 e. The van der Waals surface area contributed by atoms with Crippen molar-refractivity contribution in [2.24, 2.45) is 0 Å². The van der Waals surface area contributed by atoms with Crippen molar-refractivity contribution in [3.8, 4) is 16.9 Å². The largest absolute Gasteiger partial charge is 0.428 e. The van der Waals surface area contributed by atoms with Crippen molar-refractivity contribution in [2.45, 2.75) is 13.3 Å². The number of aromatic nitrogens is 1. The number of amides is 1. The lowest BCUT2D eigenvalue weighted by molar-refractivity contribution is -0.120. The molecule has 1 aromatic heterocycles. The molecule has 0 spiro atoms. The van der Waals surface area contributed by atoms with Crippen molar-refractivity contribution in [2.75, 3.05) is 5.32 Å². The van der Waals surface area contributed by atoms with Crippen LogP contribution in [0.5, 0.6) is 5.75 Å². The van der Waals surface area contributed by atoms with Crippen molar-refractivity contribution < 1.29 is 18.7 Å². The molecule has 5 nitrogen and oxygen atoms in total. The zero-order valence-electron chi connectivity index (χ0n) is 16.5. The fraction of sp³-hybridized carbons (Fsp3) is 0.0833. The number of carbonyl (C=O) groups excluding carboxylic acids is 2. The molecule has 0 radical (unpaired) electrons. The van der Waals surface area contributed by atoms with Crippen LogP contribution in [0.1, 0.15) is 22.8 Å². The molecule has 0 aliphatic rings. The number of fused-ring (bicyclic) bond motifs is 1. The van der Waals surface area contributed by atoms with E-state index < -0.39 is 11.7 Å². The third-order valence-electron chi connectivity index (χ3n) is 5.07. The third kappa shape index (κ3) is 4.02. The molecule has 0 saturated carbocycles. The number of aromatic amines is 1. The molecule has 31 heavy (non-hydrogen) atoms. The number of hydrogen-bond acceptors (Lipinski definition) is 3. The van der Waals surface area contributed by atoms with Gasteiger partial charge >= 0.3 is 0 Å². The Balaban J connectivity index is 1.67. The van der Waals surface area contributed by atoms with E-state index in [0.717, 1.165) is 22.9 Å². The molecule has 4 rings (SSSR count). The zero-order chi connectivity index (χ0) is 22.0. The SMILES string of the molecule is CCc1c[nH]c2ccc(-c3cc(F)c(NC(=O)c4ccccc4OC=O)c(Cl)c3)cc12. The predicted octanol–water partition coefficient (Wildman–Crippen LogP) is 5.98. The number of aryl methyl sites for hydroxylation is 1. The Bertz CT molecular complexity index is 1280. The second-order valence-electron chi connectivity index (χ2n) is 6.91. The average molecular weight is 437 g/mol. The van der Waals surface area contributed by atoms with Gasteiger partial charge in [0.05, 0.1) is 16.3 Å². The van der Waals surface area contributed by atoms with Gasteiger partial charge in [-0.3, -0.25) is 9.59 Å². The number of nitrogens with one attached hydrogen (secondary N) is 2. The quantitative estimate of drug-likeness (QED) is 0.365. The van der Waals surface area contributed by atoms with Gasteiger partial charge in [-0.1, -0.05) is 36.7 Å². The molecular weight excluding hydrogens is 419 g/mol. The summed E-state index contributed by atoms with van der Waals surface area (Å²) >= 11 is 6.32. The summed E-state index contributed by atoms with van der Waals surface area (Å²) in [5, 5.41) is 3.60. The summed E-state index contributed by atoms with van der Waals surface area (Å²) < 4.78 is 19.7. The van der Waals surface area contributed by atoms with Crippen LogP contribution in [0.3, 0.4) is 0 Å². The van der Waals surface area contributed by atoms with Crippen molar-refractivity contribution >= 4 is 40.6 Å². The Kier molecular flexibility index (Phi) is 5.73. The number of benzene rings is 3. The highest BCUT2D eigenvalue weighted by molar-refractivity contribution is 6.34. The fourth-order valence-corrected chi connectivity index (χ4v) is 3.75.